The molecule has 2 N–H and O–H groups in total. The lowest BCUT2D eigenvalue weighted by atomic mass is 10.1. The lowest BCUT2D eigenvalue weighted by Crippen LogP contribution is -2.45. The maximum absolute atomic E-state index is 13.3. The second-order valence-corrected chi connectivity index (χ2v) is 5.37. The smallest absolute Gasteiger partial charge is 0.276 e. The van der Waals surface area contributed by atoms with Crippen LogP contribution in [0.15, 0.2) is 42.5 Å². The molecule has 7 heteroatoms. The second-order valence-electron chi connectivity index (χ2n) is 5.37. The van der Waals surface area contributed by atoms with Gasteiger partial charge < -0.3 is 9.47 Å². The Kier molecular flexibility index (Phi) is 6.33. The number of hydrogen-bond acceptors (Lipinski definition) is 4. The van der Waals surface area contributed by atoms with Crippen LogP contribution in [0.25, 0.3) is 0 Å². The highest BCUT2D eigenvalue weighted by Crippen LogP contribution is 2.18. The highest BCUT2D eigenvalue weighted by atomic mass is 19.1. The summed E-state index contributed by atoms with van der Waals surface area (Å²) < 4.78 is 23.8. The molecule has 2 aromatic rings. The summed E-state index contributed by atoms with van der Waals surface area (Å²) in [6.07, 6.45) is 0. The summed E-state index contributed by atoms with van der Waals surface area (Å²) in [6.45, 7) is 3.11. The van der Waals surface area contributed by atoms with E-state index < -0.39 is 24.2 Å². The molecule has 132 valence electrons. The number of ether oxygens (including phenoxy) is 2. The fourth-order valence-electron chi connectivity index (χ4n) is 1.92. The largest absolute Gasteiger partial charge is 0.483 e. The minimum atomic E-state index is -0.622. The Labute approximate surface area is 144 Å². The minimum absolute atomic E-state index is 0.0396. The third kappa shape index (κ3) is 5.80. The summed E-state index contributed by atoms with van der Waals surface area (Å²) in [6, 6.07) is 11.4. The van der Waals surface area contributed by atoms with Crippen LogP contribution < -0.4 is 20.3 Å². The van der Waals surface area contributed by atoms with Gasteiger partial charge in [0, 0.05) is 0 Å². The molecule has 0 aliphatic carbocycles. The summed E-state index contributed by atoms with van der Waals surface area (Å²) in [5.41, 5.74) is 6.29. The van der Waals surface area contributed by atoms with Crippen molar-refractivity contribution in [2.75, 3.05) is 13.2 Å². The third-order valence-corrected chi connectivity index (χ3v) is 3.24. The molecule has 6 nitrogen and oxygen atoms in total. The first-order chi connectivity index (χ1) is 12.0. The SMILES string of the molecule is Cc1ccc(C)c(OCC(=O)NNC(=O)COc2ccccc2F)c1. The van der Waals surface area contributed by atoms with Crippen LogP contribution in [0.1, 0.15) is 11.1 Å². The van der Waals surface area contributed by atoms with Crippen LogP contribution in [0, 0.1) is 19.7 Å². The molecule has 0 radical (unpaired) electrons. The maximum atomic E-state index is 13.3. The molecule has 2 rings (SSSR count). The summed E-state index contributed by atoms with van der Waals surface area (Å²) >= 11 is 0. The monoisotopic (exact) mass is 346 g/mol. The summed E-state index contributed by atoms with van der Waals surface area (Å²) in [5, 5.41) is 0. The van der Waals surface area contributed by atoms with Crippen LogP contribution in [0.2, 0.25) is 0 Å². The standard InChI is InChI=1S/C18H19FN2O4/c1-12-7-8-13(2)16(9-12)25-11-18(23)21-20-17(22)10-24-15-6-4-3-5-14(15)19/h3-9H,10-11H2,1-2H3,(H,20,22)(H,21,23). The van der Waals surface area contributed by atoms with Gasteiger partial charge in [0.2, 0.25) is 0 Å². The first kappa shape index (κ1) is 18.3. The van der Waals surface area contributed by atoms with E-state index in [4.69, 9.17) is 9.47 Å². The first-order valence-corrected chi connectivity index (χ1v) is 7.61. The second kappa shape index (κ2) is 8.68. The summed E-state index contributed by atoms with van der Waals surface area (Å²) in [5.74, 6) is -1.16. The van der Waals surface area contributed by atoms with Crippen molar-refractivity contribution in [1.82, 2.24) is 10.9 Å². The molecule has 0 fully saturated rings. The van der Waals surface area contributed by atoms with Crippen LogP contribution in [0.5, 0.6) is 11.5 Å². The van der Waals surface area contributed by atoms with Crippen molar-refractivity contribution in [3.05, 3.63) is 59.4 Å². The Hall–Kier alpha value is -3.09. The number of carbonyl (C=O) groups is 2. The van der Waals surface area contributed by atoms with Crippen molar-refractivity contribution in [1.29, 1.82) is 0 Å². The van der Waals surface area contributed by atoms with Gasteiger partial charge in [0.05, 0.1) is 0 Å². The van der Waals surface area contributed by atoms with E-state index in [0.29, 0.717) is 5.75 Å². The topological polar surface area (TPSA) is 76.7 Å². The zero-order valence-corrected chi connectivity index (χ0v) is 14.0. The highest BCUT2D eigenvalue weighted by Gasteiger charge is 2.09. The average molecular weight is 346 g/mol. The number of amides is 2. The number of aryl methyl sites for hydroxylation is 2. The van der Waals surface area contributed by atoms with Crippen LogP contribution in [-0.4, -0.2) is 25.0 Å². The number of carbonyl (C=O) groups excluding carboxylic acids is 2. The Morgan fingerprint density at radius 2 is 1.52 bits per heavy atom. The number of hydrazine groups is 1. The third-order valence-electron chi connectivity index (χ3n) is 3.24. The van der Waals surface area contributed by atoms with Crippen molar-refractivity contribution in [2.24, 2.45) is 0 Å². The van der Waals surface area contributed by atoms with Gasteiger partial charge in [-0.15, -0.1) is 0 Å². The van der Waals surface area contributed by atoms with Gasteiger partial charge in [-0.25, -0.2) is 4.39 Å². The molecule has 0 bridgehead atoms. The normalized spacial score (nSPS) is 10.0. The van der Waals surface area contributed by atoms with Gasteiger partial charge in [0.15, 0.2) is 24.8 Å². The van der Waals surface area contributed by atoms with Gasteiger partial charge in [-0.3, -0.25) is 20.4 Å². The fourth-order valence-corrected chi connectivity index (χ4v) is 1.92. The van der Waals surface area contributed by atoms with E-state index in [1.807, 2.05) is 32.0 Å². The zero-order valence-electron chi connectivity index (χ0n) is 14.0. The van der Waals surface area contributed by atoms with E-state index in [1.165, 1.54) is 18.2 Å². The molecule has 0 spiro atoms. The van der Waals surface area contributed by atoms with Crippen molar-refractivity contribution >= 4 is 11.8 Å². The number of para-hydroxylation sites is 1. The quantitative estimate of drug-likeness (QED) is 0.785. The molecule has 2 amide bonds. The Morgan fingerprint density at radius 3 is 2.16 bits per heavy atom. The van der Waals surface area contributed by atoms with E-state index in [2.05, 4.69) is 10.9 Å². The predicted molar refractivity (Wildman–Crippen MR) is 89.6 cm³/mol. The van der Waals surface area contributed by atoms with Crippen molar-refractivity contribution in [3.63, 3.8) is 0 Å². The Morgan fingerprint density at radius 1 is 0.920 bits per heavy atom. The van der Waals surface area contributed by atoms with Crippen LogP contribution in [-0.2, 0) is 9.59 Å². The van der Waals surface area contributed by atoms with Crippen LogP contribution >= 0.6 is 0 Å². The van der Waals surface area contributed by atoms with Crippen molar-refractivity contribution in [3.8, 4) is 11.5 Å². The molecule has 0 heterocycles. The lowest BCUT2D eigenvalue weighted by molar-refractivity contribution is -0.131. The molecule has 0 atom stereocenters. The average Bonchev–Trinajstić information content (AvgIpc) is 2.60. The number of benzene rings is 2. The molecule has 2 aromatic carbocycles. The zero-order chi connectivity index (χ0) is 18.2. The molecule has 0 unspecified atom stereocenters. The predicted octanol–water partition coefficient (Wildman–Crippen LogP) is 2.05. The van der Waals surface area contributed by atoms with Crippen molar-refractivity contribution < 1.29 is 23.5 Å². The Balaban J connectivity index is 1.71. The van der Waals surface area contributed by atoms with Gasteiger partial charge >= 0.3 is 0 Å². The van der Waals surface area contributed by atoms with Gasteiger partial charge in [-0.1, -0.05) is 24.3 Å². The minimum Gasteiger partial charge on any atom is -0.483 e. The van der Waals surface area contributed by atoms with Crippen LogP contribution in [0.3, 0.4) is 0 Å². The number of nitrogens with one attached hydrogen (secondary N) is 2. The molecule has 0 aromatic heterocycles. The van der Waals surface area contributed by atoms with Gasteiger partial charge in [0.25, 0.3) is 11.8 Å². The molecule has 25 heavy (non-hydrogen) atoms. The number of hydrogen-bond donors (Lipinski definition) is 2. The lowest BCUT2D eigenvalue weighted by Gasteiger charge is -2.11. The number of rotatable bonds is 6. The first-order valence-electron chi connectivity index (χ1n) is 7.61. The molecular formula is C18H19FN2O4. The van der Waals surface area contributed by atoms with E-state index in [1.54, 1.807) is 6.07 Å². The molecule has 0 aliphatic heterocycles. The van der Waals surface area contributed by atoms with Gasteiger partial charge in [0.1, 0.15) is 5.75 Å². The van der Waals surface area contributed by atoms with E-state index in [9.17, 15) is 14.0 Å². The Bertz CT molecular complexity index is 764. The summed E-state index contributed by atoms with van der Waals surface area (Å²) in [7, 11) is 0. The summed E-state index contributed by atoms with van der Waals surface area (Å²) in [4.78, 5) is 23.3. The van der Waals surface area contributed by atoms with Gasteiger partial charge in [-0.2, -0.15) is 0 Å². The van der Waals surface area contributed by atoms with E-state index >= 15 is 0 Å². The van der Waals surface area contributed by atoms with Gasteiger partial charge in [-0.05, 0) is 43.2 Å². The highest BCUT2D eigenvalue weighted by molar-refractivity contribution is 5.83. The van der Waals surface area contributed by atoms with E-state index in [-0.39, 0.29) is 12.4 Å². The van der Waals surface area contributed by atoms with Crippen molar-refractivity contribution in [2.45, 2.75) is 13.8 Å². The van der Waals surface area contributed by atoms with Crippen LogP contribution in [0.4, 0.5) is 4.39 Å². The molecule has 0 saturated heterocycles. The number of halogens is 1. The molecule has 0 aliphatic rings. The molecular weight excluding hydrogens is 327 g/mol. The molecule has 0 saturated carbocycles. The van der Waals surface area contributed by atoms with E-state index in [0.717, 1.165) is 11.1 Å². The fraction of sp³-hybridized carbons (Fsp3) is 0.222. The maximum Gasteiger partial charge on any atom is 0.276 e.